The topological polar surface area (TPSA) is 109 Å². The van der Waals surface area contributed by atoms with Gasteiger partial charge in [-0.1, -0.05) is 0 Å². The summed E-state index contributed by atoms with van der Waals surface area (Å²) in [5.41, 5.74) is 9.98. The van der Waals surface area contributed by atoms with E-state index >= 15 is 0 Å². The first-order valence-electron chi connectivity index (χ1n) is 3.61. The van der Waals surface area contributed by atoms with Crippen LogP contribution >= 0.6 is 18.8 Å². The van der Waals surface area contributed by atoms with Crippen molar-refractivity contribution in [3.05, 3.63) is 0 Å². The molecule has 0 saturated heterocycles. The molecule has 0 aromatic rings. The second-order valence-corrected chi connectivity index (χ2v) is 7.31. The van der Waals surface area contributed by atoms with Crippen LogP contribution in [0.15, 0.2) is 4.99 Å². The first kappa shape index (κ1) is 21.4. The van der Waals surface area contributed by atoms with Gasteiger partial charge in [-0.05, 0) is 0 Å². The molecule has 0 rings (SSSR count). The molecule has 6 nitrogen and oxygen atoms in total. The Hall–Kier alpha value is 0.158. The van der Waals surface area contributed by atoms with E-state index in [-0.39, 0.29) is 11.9 Å². The Kier molecular flexibility index (Phi) is 20.3. The van der Waals surface area contributed by atoms with Gasteiger partial charge in [0, 0.05) is 37.4 Å². The van der Waals surface area contributed by atoms with Crippen LogP contribution in [0.1, 0.15) is 0 Å². The average molecular weight is 473 g/mol. The van der Waals surface area contributed by atoms with Crippen molar-refractivity contribution in [1.82, 2.24) is 4.90 Å². The second kappa shape index (κ2) is 15.2. The van der Waals surface area contributed by atoms with Crippen LogP contribution in [0.5, 0.6) is 0 Å². The first-order chi connectivity index (χ1) is 7.18. The van der Waals surface area contributed by atoms with Crippen LogP contribution in [0.4, 0.5) is 0 Å². The van der Waals surface area contributed by atoms with Gasteiger partial charge >= 0.3 is 35.3 Å². The molecule has 0 aliphatic heterocycles. The third-order valence-corrected chi connectivity index (χ3v) is 0.659. The van der Waals surface area contributed by atoms with E-state index in [4.69, 9.17) is 35.7 Å². The number of aliphatic imine (C=N–C) groups is 1. The summed E-state index contributed by atoms with van der Waals surface area (Å²) in [7, 11) is 12.5. The Morgan fingerprint density at radius 3 is 1.69 bits per heavy atom. The zero-order chi connectivity index (χ0) is 13.7. The average Bonchev–Trinajstić information content (AvgIpc) is 2.02. The van der Waals surface area contributed by atoms with Crippen LogP contribution in [-0.2, 0) is 27.3 Å². The van der Waals surface area contributed by atoms with Gasteiger partial charge in [0.25, 0.3) is 0 Å². The van der Waals surface area contributed by atoms with E-state index in [1.54, 1.807) is 26.6 Å². The molecule has 0 saturated carbocycles. The first-order valence-corrected chi connectivity index (χ1v) is 11.2. The van der Waals surface area contributed by atoms with E-state index in [0.29, 0.717) is 0 Å². The standard InChI is InChI=1S/C4H11N5.C2H6OS.2ClH.Pt/c1-9(2)4(7)8-3(5)6;1-4(2)3;;;/h1-2H3,(H5,5,6,7,8);1-2H3;2*1H;/q;;;;+2/p-2. The van der Waals surface area contributed by atoms with Crippen molar-refractivity contribution in [1.29, 1.82) is 5.41 Å². The maximum absolute atomic E-state index is 9.56. The summed E-state index contributed by atoms with van der Waals surface area (Å²) in [5, 5.41) is 7.05. The Morgan fingerprint density at radius 1 is 1.38 bits per heavy atom. The molecule has 0 aliphatic carbocycles. The number of hydrogen-bond acceptors (Lipinski definition) is 2. The molecule has 0 atom stereocenters. The van der Waals surface area contributed by atoms with Crippen LogP contribution in [-0.4, -0.2) is 47.6 Å². The van der Waals surface area contributed by atoms with Crippen molar-refractivity contribution in [3.8, 4) is 0 Å². The normalized spacial score (nSPS) is 8.19. The second-order valence-electron chi connectivity index (χ2n) is 2.54. The summed E-state index contributed by atoms with van der Waals surface area (Å²) < 4.78 is 9.56. The number of nitrogens with one attached hydrogen (secondary N) is 1. The van der Waals surface area contributed by atoms with E-state index in [2.05, 4.69) is 4.99 Å². The maximum atomic E-state index is 9.56. The van der Waals surface area contributed by atoms with Gasteiger partial charge in [0.2, 0.25) is 5.96 Å². The minimum atomic E-state index is -0.611. The molecule has 0 fully saturated rings. The number of nitrogens with zero attached hydrogens (tertiary/aromatic N) is 2. The van der Waals surface area contributed by atoms with Gasteiger partial charge in [0.1, 0.15) is 0 Å². The van der Waals surface area contributed by atoms with E-state index in [0.717, 1.165) is 0 Å². The molecule has 5 N–H and O–H groups in total. The Morgan fingerprint density at radius 2 is 1.62 bits per heavy atom. The molecule has 0 bridgehead atoms. The monoisotopic (exact) mass is 472 g/mol. The van der Waals surface area contributed by atoms with Crippen molar-refractivity contribution >= 4 is 41.6 Å². The summed E-state index contributed by atoms with van der Waals surface area (Å²) in [4.78, 5) is 4.96. The summed E-state index contributed by atoms with van der Waals surface area (Å²) in [6.45, 7) is 0. The fourth-order valence-electron chi connectivity index (χ4n) is 0.222. The van der Waals surface area contributed by atoms with Gasteiger partial charge in [0.15, 0.2) is 5.96 Å². The number of halogens is 2. The molecule has 0 heterocycles. The number of rotatable bonds is 0. The van der Waals surface area contributed by atoms with E-state index in [9.17, 15) is 4.21 Å². The van der Waals surface area contributed by atoms with Gasteiger partial charge in [-0.3, -0.25) is 9.62 Å². The van der Waals surface area contributed by atoms with E-state index in [1.807, 2.05) is 0 Å². The van der Waals surface area contributed by atoms with E-state index < -0.39 is 27.3 Å². The zero-order valence-corrected chi connectivity index (χ0v) is 14.0. The SMILES string of the molecule is CN(C)C(=N)N=C(N)N.CS(C)=O.[Cl][Pt][Cl]. The molecule has 0 amide bonds. The number of nitrogens with two attached hydrogens (primary N) is 2. The van der Waals surface area contributed by atoms with Gasteiger partial charge < -0.3 is 16.4 Å². The summed E-state index contributed by atoms with van der Waals surface area (Å²) in [5.74, 6) is -0.0382. The Balaban J connectivity index is -0.000000201. The Bertz CT molecular complexity index is 231. The summed E-state index contributed by atoms with van der Waals surface area (Å²) in [6, 6.07) is 0. The van der Waals surface area contributed by atoms with Crippen molar-refractivity contribution in [3.63, 3.8) is 0 Å². The van der Waals surface area contributed by atoms with Crippen LogP contribution in [0, 0.1) is 5.41 Å². The molecule has 0 aliphatic rings. The molecular weight excluding hydrogens is 456 g/mol. The van der Waals surface area contributed by atoms with Gasteiger partial charge in [-0.25, -0.2) is 0 Å². The van der Waals surface area contributed by atoms with Gasteiger partial charge in [0.05, 0.1) is 0 Å². The van der Waals surface area contributed by atoms with Crippen molar-refractivity contribution in [2.75, 3.05) is 26.6 Å². The van der Waals surface area contributed by atoms with Crippen molar-refractivity contribution in [2.24, 2.45) is 16.5 Å². The van der Waals surface area contributed by atoms with Gasteiger partial charge in [-0.15, -0.1) is 0 Å². The molecular formula is C6H17Cl2N5OPtS. The molecule has 16 heavy (non-hydrogen) atoms. The number of hydrogen-bond donors (Lipinski definition) is 3. The summed E-state index contributed by atoms with van der Waals surface area (Å²) in [6.07, 6.45) is 3.28. The van der Waals surface area contributed by atoms with Crippen LogP contribution in [0.2, 0.25) is 0 Å². The van der Waals surface area contributed by atoms with Crippen molar-refractivity contribution < 1.29 is 20.7 Å². The molecule has 0 spiro atoms. The minimum absolute atomic E-state index is 0.0509. The zero-order valence-electron chi connectivity index (χ0n) is 9.44. The van der Waals surface area contributed by atoms with Gasteiger partial charge in [-0.2, -0.15) is 4.99 Å². The fraction of sp³-hybridized carbons (Fsp3) is 0.667. The number of guanidine groups is 2. The predicted octanol–water partition coefficient (Wildman–Crippen LogP) is 0.127. The molecule has 0 aromatic heterocycles. The van der Waals surface area contributed by atoms with Crippen LogP contribution < -0.4 is 11.5 Å². The van der Waals surface area contributed by atoms with Crippen LogP contribution in [0.3, 0.4) is 0 Å². The fourth-order valence-corrected chi connectivity index (χ4v) is 0.222. The molecule has 10 heteroatoms. The van der Waals surface area contributed by atoms with Crippen LogP contribution in [0.25, 0.3) is 0 Å². The molecule has 0 unspecified atom stereocenters. The van der Waals surface area contributed by atoms with E-state index in [1.165, 1.54) is 4.90 Å². The summed E-state index contributed by atoms with van der Waals surface area (Å²) >= 11 is -0.472. The molecule has 0 radical (unpaired) electrons. The molecule has 102 valence electrons. The quantitative estimate of drug-likeness (QED) is 0.343. The predicted molar refractivity (Wildman–Crippen MR) is 68.9 cm³/mol. The third-order valence-electron chi connectivity index (χ3n) is 0.659. The van der Waals surface area contributed by atoms with Crippen molar-refractivity contribution in [2.45, 2.75) is 0 Å². The molecule has 0 aromatic carbocycles. The Labute approximate surface area is 115 Å². The third kappa shape index (κ3) is 36.8.